The quantitative estimate of drug-likeness (QED) is 0.556. The molecule has 2 aromatic carbocycles. The Kier molecular flexibility index (Phi) is 4.68. The molecule has 2 heterocycles. The summed E-state index contributed by atoms with van der Waals surface area (Å²) in [6.07, 6.45) is 2.01. The van der Waals surface area contributed by atoms with E-state index in [-0.39, 0.29) is 5.82 Å². The van der Waals surface area contributed by atoms with Gasteiger partial charge in [0.05, 0.1) is 23.3 Å². The van der Waals surface area contributed by atoms with E-state index in [1.165, 1.54) is 12.1 Å². The Morgan fingerprint density at radius 3 is 2.85 bits per heavy atom. The van der Waals surface area contributed by atoms with Crippen LogP contribution in [0.25, 0.3) is 22.3 Å². The number of benzene rings is 2. The molecule has 0 aliphatic rings. The number of nitrogens with zero attached hydrogens (tertiary/aromatic N) is 4. The number of fused-ring (bicyclic) bond motifs is 1. The molecule has 0 radical (unpaired) electrons. The highest BCUT2D eigenvalue weighted by Crippen LogP contribution is 2.25. The third-order valence-corrected chi connectivity index (χ3v) is 4.59. The van der Waals surface area contributed by atoms with Gasteiger partial charge in [0.25, 0.3) is 0 Å². The summed E-state index contributed by atoms with van der Waals surface area (Å²) in [5, 5.41) is 5.28. The zero-order chi connectivity index (χ0) is 19.0. The van der Waals surface area contributed by atoms with Crippen molar-refractivity contribution in [1.82, 2.24) is 24.6 Å². The third-order valence-electron chi connectivity index (χ3n) is 4.36. The van der Waals surface area contributed by atoms with Gasteiger partial charge in [-0.15, -0.1) is 0 Å². The van der Waals surface area contributed by atoms with Gasteiger partial charge in [-0.05, 0) is 37.4 Å². The van der Waals surface area contributed by atoms with Gasteiger partial charge < -0.3 is 4.98 Å². The van der Waals surface area contributed by atoms with Gasteiger partial charge in [0.15, 0.2) is 0 Å². The second kappa shape index (κ2) is 7.13. The number of aryl methyl sites for hydroxylation is 1. The summed E-state index contributed by atoms with van der Waals surface area (Å²) >= 11 is 6.13. The number of aromatic nitrogens is 4. The number of hydrogen-bond donors (Lipinski definition) is 1. The number of nitrogens with one attached hydrogen (secondary N) is 1. The van der Waals surface area contributed by atoms with Crippen LogP contribution in [-0.2, 0) is 20.1 Å². The molecule has 0 amide bonds. The van der Waals surface area contributed by atoms with Crippen LogP contribution in [0.4, 0.5) is 4.39 Å². The molecule has 0 unspecified atom stereocenters. The molecule has 138 valence electrons. The number of hydrogen-bond acceptors (Lipinski definition) is 3. The summed E-state index contributed by atoms with van der Waals surface area (Å²) in [5.41, 5.74) is 4.48. The molecule has 1 N–H and O–H groups in total. The molecule has 5 nitrogen and oxygen atoms in total. The van der Waals surface area contributed by atoms with Gasteiger partial charge in [-0.3, -0.25) is 9.58 Å². The van der Waals surface area contributed by atoms with Crippen molar-refractivity contribution in [1.29, 1.82) is 0 Å². The lowest BCUT2D eigenvalue weighted by atomic mass is 10.1. The van der Waals surface area contributed by atoms with E-state index in [0.717, 1.165) is 28.2 Å². The minimum Gasteiger partial charge on any atom is -0.341 e. The number of rotatable bonds is 5. The summed E-state index contributed by atoms with van der Waals surface area (Å²) in [6, 6.07) is 12.3. The van der Waals surface area contributed by atoms with E-state index in [1.807, 2.05) is 49.2 Å². The van der Waals surface area contributed by atoms with Crippen molar-refractivity contribution in [2.24, 2.45) is 7.05 Å². The Hall–Kier alpha value is -2.70. The van der Waals surface area contributed by atoms with Crippen LogP contribution < -0.4 is 0 Å². The normalized spacial score (nSPS) is 11.6. The van der Waals surface area contributed by atoms with Gasteiger partial charge in [0, 0.05) is 35.9 Å². The third kappa shape index (κ3) is 3.86. The Bertz CT molecular complexity index is 1100. The highest BCUT2D eigenvalue weighted by Gasteiger charge is 2.14. The molecule has 4 aromatic rings. The zero-order valence-corrected chi connectivity index (χ0v) is 15.8. The van der Waals surface area contributed by atoms with Crippen LogP contribution >= 0.6 is 11.6 Å². The van der Waals surface area contributed by atoms with Crippen LogP contribution in [0.5, 0.6) is 0 Å². The van der Waals surface area contributed by atoms with E-state index < -0.39 is 0 Å². The van der Waals surface area contributed by atoms with Crippen molar-refractivity contribution in [3.63, 3.8) is 0 Å². The van der Waals surface area contributed by atoms with Crippen molar-refractivity contribution in [3.8, 4) is 11.3 Å². The Labute approximate surface area is 161 Å². The average molecular weight is 384 g/mol. The highest BCUT2D eigenvalue weighted by atomic mass is 35.5. The van der Waals surface area contributed by atoms with Crippen molar-refractivity contribution >= 4 is 22.6 Å². The Morgan fingerprint density at radius 1 is 1.19 bits per heavy atom. The maximum absolute atomic E-state index is 13.4. The first-order valence-electron chi connectivity index (χ1n) is 8.59. The average Bonchev–Trinajstić information content (AvgIpc) is 3.16. The van der Waals surface area contributed by atoms with E-state index in [2.05, 4.69) is 20.0 Å². The van der Waals surface area contributed by atoms with Crippen molar-refractivity contribution < 1.29 is 4.39 Å². The minimum atomic E-state index is -0.271. The SMILES string of the molecule is CN(Cc1nc2ccc(F)cc2[nH]1)Cc1cn(C)nc1-c1cccc(Cl)c1. The minimum absolute atomic E-state index is 0.271. The molecule has 7 heteroatoms. The maximum atomic E-state index is 13.4. The van der Waals surface area contributed by atoms with Crippen LogP contribution in [0.3, 0.4) is 0 Å². The first-order chi connectivity index (χ1) is 13.0. The van der Waals surface area contributed by atoms with E-state index >= 15 is 0 Å². The van der Waals surface area contributed by atoms with Gasteiger partial charge in [-0.1, -0.05) is 23.7 Å². The molecule has 27 heavy (non-hydrogen) atoms. The van der Waals surface area contributed by atoms with E-state index in [9.17, 15) is 4.39 Å². The molecule has 0 fully saturated rings. The molecule has 0 saturated heterocycles. The number of halogens is 2. The zero-order valence-electron chi connectivity index (χ0n) is 15.1. The molecule has 2 aromatic heterocycles. The summed E-state index contributed by atoms with van der Waals surface area (Å²) in [4.78, 5) is 9.85. The first-order valence-corrected chi connectivity index (χ1v) is 8.97. The molecular formula is C20H19ClFN5. The summed E-state index contributed by atoms with van der Waals surface area (Å²) in [6.45, 7) is 1.31. The van der Waals surface area contributed by atoms with Crippen LogP contribution in [0.1, 0.15) is 11.4 Å². The predicted molar refractivity (Wildman–Crippen MR) is 105 cm³/mol. The van der Waals surface area contributed by atoms with Crippen LogP contribution in [0.15, 0.2) is 48.7 Å². The largest absolute Gasteiger partial charge is 0.341 e. The molecule has 0 bridgehead atoms. The lowest BCUT2D eigenvalue weighted by Crippen LogP contribution is -2.18. The van der Waals surface area contributed by atoms with Gasteiger partial charge in [-0.2, -0.15) is 5.10 Å². The van der Waals surface area contributed by atoms with Crippen molar-refractivity contribution in [3.05, 3.63) is 70.9 Å². The number of imidazole rings is 1. The predicted octanol–water partition coefficient (Wildman–Crippen LogP) is 4.39. The first kappa shape index (κ1) is 17.7. The molecular weight excluding hydrogens is 365 g/mol. The lowest BCUT2D eigenvalue weighted by molar-refractivity contribution is 0.312. The van der Waals surface area contributed by atoms with Gasteiger partial charge in [-0.25, -0.2) is 9.37 Å². The number of H-pyrrole nitrogens is 1. The van der Waals surface area contributed by atoms with Gasteiger partial charge >= 0.3 is 0 Å². The highest BCUT2D eigenvalue weighted by molar-refractivity contribution is 6.30. The lowest BCUT2D eigenvalue weighted by Gasteiger charge is -2.15. The van der Waals surface area contributed by atoms with E-state index in [0.29, 0.717) is 23.6 Å². The Morgan fingerprint density at radius 2 is 2.04 bits per heavy atom. The number of aromatic amines is 1. The van der Waals surface area contributed by atoms with Gasteiger partial charge in [0.1, 0.15) is 11.6 Å². The van der Waals surface area contributed by atoms with Crippen LogP contribution in [-0.4, -0.2) is 31.7 Å². The molecule has 4 rings (SSSR count). The van der Waals surface area contributed by atoms with Crippen LogP contribution in [0, 0.1) is 5.82 Å². The fourth-order valence-corrected chi connectivity index (χ4v) is 3.43. The monoisotopic (exact) mass is 383 g/mol. The molecule has 0 saturated carbocycles. The Balaban J connectivity index is 1.55. The molecule has 0 spiro atoms. The smallest absolute Gasteiger partial charge is 0.125 e. The molecule has 0 aliphatic heterocycles. The molecule has 0 atom stereocenters. The van der Waals surface area contributed by atoms with Gasteiger partial charge in [0.2, 0.25) is 0 Å². The summed E-state index contributed by atoms with van der Waals surface area (Å²) < 4.78 is 15.2. The maximum Gasteiger partial charge on any atom is 0.125 e. The topological polar surface area (TPSA) is 49.7 Å². The fraction of sp³-hybridized carbons (Fsp3) is 0.200. The summed E-state index contributed by atoms with van der Waals surface area (Å²) in [5.74, 6) is 0.527. The fourth-order valence-electron chi connectivity index (χ4n) is 3.24. The molecule has 0 aliphatic carbocycles. The van der Waals surface area contributed by atoms with E-state index in [4.69, 9.17) is 11.6 Å². The van der Waals surface area contributed by atoms with Crippen molar-refractivity contribution in [2.75, 3.05) is 7.05 Å². The van der Waals surface area contributed by atoms with Crippen molar-refractivity contribution in [2.45, 2.75) is 13.1 Å². The van der Waals surface area contributed by atoms with Crippen LogP contribution in [0.2, 0.25) is 5.02 Å². The van der Waals surface area contributed by atoms with E-state index in [1.54, 1.807) is 6.07 Å². The second-order valence-electron chi connectivity index (χ2n) is 6.70. The summed E-state index contributed by atoms with van der Waals surface area (Å²) in [7, 11) is 3.92. The standard InChI is InChI=1S/C20H19ClFN5/c1-26(12-19-23-17-7-6-16(22)9-18(17)24-19)10-14-11-27(2)25-20(14)13-4-3-5-15(21)8-13/h3-9,11H,10,12H2,1-2H3,(H,23,24). The second-order valence-corrected chi connectivity index (χ2v) is 7.14.